The van der Waals surface area contributed by atoms with Gasteiger partial charge in [-0.05, 0) is 6.92 Å². The zero-order valence-corrected chi connectivity index (χ0v) is 10.2. The zero-order chi connectivity index (χ0) is 12.4. The molecule has 0 unspecified atom stereocenters. The third-order valence-corrected chi connectivity index (χ3v) is 3.54. The molecule has 1 aliphatic rings. The third-order valence-electron chi connectivity index (χ3n) is 2.66. The van der Waals surface area contributed by atoms with Gasteiger partial charge in [-0.15, -0.1) is 0 Å². The molecule has 1 aromatic heterocycles. The molecule has 2 heterocycles. The van der Waals surface area contributed by atoms with Crippen molar-refractivity contribution in [3.05, 3.63) is 20.7 Å². The number of rotatable bonds is 2. The molecule has 7 heteroatoms. The average Bonchev–Trinajstić information content (AvgIpc) is 2.61. The maximum atomic E-state index is 11.9. The lowest BCUT2D eigenvalue weighted by Gasteiger charge is -2.26. The van der Waals surface area contributed by atoms with Crippen LogP contribution in [-0.4, -0.2) is 40.9 Å². The van der Waals surface area contributed by atoms with Gasteiger partial charge in [0, 0.05) is 24.2 Å². The van der Waals surface area contributed by atoms with Gasteiger partial charge in [0.05, 0.1) is 6.54 Å². The van der Waals surface area contributed by atoms with Crippen LogP contribution in [0.15, 0.2) is 10.2 Å². The fourth-order valence-electron chi connectivity index (χ4n) is 1.68. The molecule has 0 bridgehead atoms. The number of piperazine rings is 1. The molecule has 0 saturated carbocycles. The number of carbonyl (C=O) groups is 2. The minimum absolute atomic E-state index is 0.0153. The Kier molecular flexibility index (Phi) is 3.28. The van der Waals surface area contributed by atoms with E-state index in [9.17, 15) is 14.4 Å². The molecule has 1 aliphatic heterocycles. The van der Waals surface area contributed by atoms with Crippen LogP contribution in [0.25, 0.3) is 0 Å². The molecule has 17 heavy (non-hydrogen) atoms. The quantitative estimate of drug-likeness (QED) is 0.750. The second kappa shape index (κ2) is 4.70. The van der Waals surface area contributed by atoms with Crippen LogP contribution in [0.2, 0.25) is 0 Å². The number of thiazole rings is 1. The second-order valence-corrected chi connectivity index (χ2v) is 4.72. The average molecular weight is 255 g/mol. The van der Waals surface area contributed by atoms with Gasteiger partial charge in [-0.3, -0.25) is 19.0 Å². The number of hydrogen-bond donors (Lipinski definition) is 1. The first-order chi connectivity index (χ1) is 8.08. The first-order valence-corrected chi connectivity index (χ1v) is 6.15. The molecule has 2 rings (SSSR count). The summed E-state index contributed by atoms with van der Waals surface area (Å²) in [7, 11) is 0. The highest BCUT2D eigenvalue weighted by Gasteiger charge is 2.21. The van der Waals surface area contributed by atoms with Crippen LogP contribution in [-0.2, 0) is 16.1 Å². The van der Waals surface area contributed by atoms with E-state index in [0.717, 1.165) is 17.0 Å². The van der Waals surface area contributed by atoms with Crippen molar-refractivity contribution >= 4 is 23.2 Å². The molecule has 0 spiro atoms. The summed E-state index contributed by atoms with van der Waals surface area (Å²) in [6.07, 6.45) is 0. The molecule has 0 radical (unpaired) electrons. The van der Waals surface area contributed by atoms with Crippen molar-refractivity contribution in [2.45, 2.75) is 13.5 Å². The van der Waals surface area contributed by atoms with Crippen molar-refractivity contribution in [3.63, 3.8) is 0 Å². The standard InChI is InChI=1S/C10H13N3O3S/c1-7-6-17-10(16)13(7)5-9(15)12-3-2-11-8(14)4-12/h6H,2-5H2,1H3,(H,11,14). The maximum absolute atomic E-state index is 11.9. The fourth-order valence-corrected chi connectivity index (χ4v) is 2.42. The fraction of sp³-hybridized carbons (Fsp3) is 0.500. The first-order valence-electron chi connectivity index (χ1n) is 5.27. The van der Waals surface area contributed by atoms with E-state index in [1.54, 1.807) is 12.3 Å². The largest absolute Gasteiger partial charge is 0.353 e. The molecule has 1 N–H and O–H groups in total. The molecular formula is C10H13N3O3S. The van der Waals surface area contributed by atoms with Crippen LogP contribution < -0.4 is 10.2 Å². The van der Waals surface area contributed by atoms with E-state index in [2.05, 4.69) is 5.32 Å². The van der Waals surface area contributed by atoms with E-state index in [0.29, 0.717) is 13.1 Å². The third kappa shape index (κ3) is 2.55. The lowest BCUT2D eigenvalue weighted by atomic mass is 10.3. The summed E-state index contributed by atoms with van der Waals surface area (Å²) in [5.41, 5.74) is 0.773. The van der Waals surface area contributed by atoms with Crippen LogP contribution in [0.3, 0.4) is 0 Å². The number of aryl methyl sites for hydroxylation is 1. The van der Waals surface area contributed by atoms with Gasteiger partial charge in [0.2, 0.25) is 11.8 Å². The Morgan fingerprint density at radius 1 is 1.53 bits per heavy atom. The Labute approximate surface area is 102 Å². The first kappa shape index (κ1) is 11.8. The van der Waals surface area contributed by atoms with E-state index in [1.165, 1.54) is 9.47 Å². The SMILES string of the molecule is Cc1csc(=O)n1CC(=O)N1CCNC(=O)C1. The van der Waals surface area contributed by atoms with Gasteiger partial charge in [0.15, 0.2) is 0 Å². The van der Waals surface area contributed by atoms with E-state index < -0.39 is 0 Å². The Hall–Kier alpha value is -1.63. The van der Waals surface area contributed by atoms with Gasteiger partial charge in [-0.1, -0.05) is 11.3 Å². The predicted octanol–water partition coefficient (Wildman–Crippen LogP) is -0.823. The highest BCUT2D eigenvalue weighted by Crippen LogP contribution is 2.02. The molecule has 0 atom stereocenters. The van der Waals surface area contributed by atoms with Crippen molar-refractivity contribution < 1.29 is 9.59 Å². The summed E-state index contributed by atoms with van der Waals surface area (Å²) >= 11 is 1.08. The predicted molar refractivity (Wildman–Crippen MR) is 62.9 cm³/mol. The van der Waals surface area contributed by atoms with Gasteiger partial charge < -0.3 is 10.2 Å². The number of aromatic nitrogens is 1. The second-order valence-electron chi connectivity index (χ2n) is 3.89. The van der Waals surface area contributed by atoms with Gasteiger partial charge >= 0.3 is 4.87 Å². The molecule has 1 aromatic rings. The van der Waals surface area contributed by atoms with Crippen molar-refractivity contribution in [2.75, 3.05) is 19.6 Å². The summed E-state index contributed by atoms with van der Waals surface area (Å²) < 4.78 is 1.43. The minimum atomic E-state index is -0.191. The molecule has 0 aromatic carbocycles. The Morgan fingerprint density at radius 2 is 2.29 bits per heavy atom. The zero-order valence-electron chi connectivity index (χ0n) is 9.43. The Balaban J connectivity index is 2.06. The Bertz CT molecular complexity index is 505. The van der Waals surface area contributed by atoms with Crippen molar-refractivity contribution in [1.82, 2.24) is 14.8 Å². The van der Waals surface area contributed by atoms with Crippen LogP contribution in [0.5, 0.6) is 0 Å². The lowest BCUT2D eigenvalue weighted by Crippen LogP contribution is -2.51. The monoisotopic (exact) mass is 255 g/mol. The van der Waals surface area contributed by atoms with Gasteiger partial charge in [0.1, 0.15) is 6.54 Å². The molecule has 0 aliphatic carbocycles. The summed E-state index contributed by atoms with van der Waals surface area (Å²) in [5.74, 6) is -0.345. The molecule has 1 saturated heterocycles. The smallest absolute Gasteiger partial charge is 0.307 e. The molecular weight excluding hydrogens is 242 g/mol. The van der Waals surface area contributed by atoms with E-state index >= 15 is 0 Å². The van der Waals surface area contributed by atoms with Crippen LogP contribution in [0.1, 0.15) is 5.69 Å². The Morgan fingerprint density at radius 3 is 2.88 bits per heavy atom. The van der Waals surface area contributed by atoms with Crippen molar-refractivity contribution in [1.29, 1.82) is 0 Å². The topological polar surface area (TPSA) is 71.4 Å². The van der Waals surface area contributed by atoms with Crippen LogP contribution >= 0.6 is 11.3 Å². The number of hydrogen-bond acceptors (Lipinski definition) is 4. The molecule has 2 amide bonds. The summed E-state index contributed by atoms with van der Waals surface area (Å²) in [6.45, 7) is 2.86. The summed E-state index contributed by atoms with van der Waals surface area (Å²) in [5, 5.41) is 4.37. The van der Waals surface area contributed by atoms with Crippen LogP contribution in [0, 0.1) is 6.92 Å². The van der Waals surface area contributed by atoms with Gasteiger partial charge in [0.25, 0.3) is 0 Å². The number of nitrogens with one attached hydrogen (secondary N) is 1. The van der Waals surface area contributed by atoms with Gasteiger partial charge in [-0.25, -0.2) is 0 Å². The van der Waals surface area contributed by atoms with Gasteiger partial charge in [-0.2, -0.15) is 0 Å². The highest BCUT2D eigenvalue weighted by molar-refractivity contribution is 7.07. The summed E-state index contributed by atoms with van der Waals surface area (Å²) in [4.78, 5) is 35.8. The van der Waals surface area contributed by atoms with E-state index in [1.807, 2.05) is 0 Å². The molecule has 6 nitrogen and oxygen atoms in total. The number of carbonyl (C=O) groups excluding carboxylic acids is 2. The maximum Gasteiger partial charge on any atom is 0.307 e. The van der Waals surface area contributed by atoms with E-state index in [4.69, 9.17) is 0 Å². The molecule has 92 valence electrons. The number of nitrogens with zero attached hydrogens (tertiary/aromatic N) is 2. The lowest BCUT2D eigenvalue weighted by molar-refractivity contribution is -0.138. The van der Waals surface area contributed by atoms with Crippen LogP contribution in [0.4, 0.5) is 0 Å². The van der Waals surface area contributed by atoms with E-state index in [-0.39, 0.29) is 29.8 Å². The normalized spacial score (nSPS) is 15.8. The van der Waals surface area contributed by atoms with Crippen molar-refractivity contribution in [3.8, 4) is 0 Å². The highest BCUT2D eigenvalue weighted by atomic mass is 32.1. The number of amides is 2. The molecule has 1 fully saturated rings. The minimum Gasteiger partial charge on any atom is -0.353 e. The summed E-state index contributed by atoms with van der Waals surface area (Å²) in [6, 6.07) is 0. The van der Waals surface area contributed by atoms with Crippen molar-refractivity contribution in [2.24, 2.45) is 0 Å².